The molecule has 18 heavy (non-hydrogen) atoms. The van der Waals surface area contributed by atoms with Gasteiger partial charge in [-0.3, -0.25) is 0 Å². The third-order valence-electron chi connectivity index (χ3n) is 2.26. The van der Waals surface area contributed by atoms with Crippen LogP contribution in [0.1, 0.15) is 11.6 Å². The Balaban J connectivity index is 2.17. The number of nitrogens with one attached hydrogen (secondary N) is 1. The first kappa shape index (κ1) is 12.5. The van der Waals surface area contributed by atoms with Gasteiger partial charge in [0.15, 0.2) is 11.6 Å². The van der Waals surface area contributed by atoms with Crippen LogP contribution in [-0.4, -0.2) is 19.1 Å². The molecule has 1 aliphatic rings. The molecule has 0 saturated carbocycles. The Bertz CT molecular complexity index is 475. The fraction of sp³-hybridized carbons (Fsp3) is 0.300. The maximum atomic E-state index is 13.4. The number of carbonyl (C=O) groups is 1. The van der Waals surface area contributed by atoms with Crippen LogP contribution < -0.4 is 10.1 Å². The van der Waals surface area contributed by atoms with Crippen LogP contribution in [-0.2, 0) is 4.74 Å². The summed E-state index contributed by atoms with van der Waals surface area (Å²) in [5.41, 5.74) is 0.299. The molecule has 1 atom stereocenters. The normalized spacial score (nSPS) is 19.3. The molecule has 8 heteroatoms. The van der Waals surface area contributed by atoms with E-state index < -0.39 is 30.1 Å². The number of alkyl carbamates (subject to hydrolysis) is 1. The number of ether oxygens (including phenoxy) is 2. The SMILES string of the molecule is O=C1N[C@@H](c2ccc(OC(F)(F)F)c(F)c2)CO1. The van der Waals surface area contributed by atoms with Gasteiger partial charge < -0.3 is 14.8 Å². The topological polar surface area (TPSA) is 47.6 Å². The van der Waals surface area contributed by atoms with Gasteiger partial charge in [-0.15, -0.1) is 13.2 Å². The predicted octanol–water partition coefficient (Wildman–Crippen LogP) is 2.51. The molecule has 4 nitrogen and oxygen atoms in total. The number of rotatable bonds is 2. The van der Waals surface area contributed by atoms with E-state index in [1.165, 1.54) is 6.07 Å². The van der Waals surface area contributed by atoms with Crippen molar-refractivity contribution in [2.45, 2.75) is 12.4 Å². The number of hydrogen-bond acceptors (Lipinski definition) is 3. The molecule has 1 fully saturated rings. The second-order valence-corrected chi connectivity index (χ2v) is 3.53. The average Bonchev–Trinajstić information content (AvgIpc) is 2.66. The summed E-state index contributed by atoms with van der Waals surface area (Å²) in [7, 11) is 0. The first-order valence-corrected chi connectivity index (χ1v) is 4.83. The Kier molecular flexibility index (Phi) is 3.02. The Morgan fingerprint density at radius 1 is 1.39 bits per heavy atom. The molecule has 1 heterocycles. The second-order valence-electron chi connectivity index (χ2n) is 3.53. The molecule has 1 aromatic carbocycles. The average molecular weight is 265 g/mol. The van der Waals surface area contributed by atoms with Crippen molar-refractivity contribution < 1.29 is 31.8 Å². The number of benzene rings is 1. The molecule has 2 rings (SSSR count). The number of alkyl halides is 3. The van der Waals surface area contributed by atoms with Crippen LogP contribution in [0.15, 0.2) is 18.2 Å². The summed E-state index contributed by atoms with van der Waals surface area (Å²) in [6, 6.07) is 2.36. The van der Waals surface area contributed by atoms with E-state index in [9.17, 15) is 22.4 Å². The van der Waals surface area contributed by atoms with Crippen molar-refractivity contribution in [1.29, 1.82) is 0 Å². The summed E-state index contributed by atoms with van der Waals surface area (Å²) in [6.45, 7) is -0.00223. The Hall–Kier alpha value is -1.99. The van der Waals surface area contributed by atoms with Crippen molar-refractivity contribution in [2.75, 3.05) is 6.61 Å². The lowest BCUT2D eigenvalue weighted by Crippen LogP contribution is -2.20. The number of amides is 1. The highest BCUT2D eigenvalue weighted by atomic mass is 19.4. The lowest BCUT2D eigenvalue weighted by molar-refractivity contribution is -0.275. The summed E-state index contributed by atoms with van der Waals surface area (Å²) in [6.07, 6.45) is -5.61. The molecule has 0 spiro atoms. The summed E-state index contributed by atoms with van der Waals surface area (Å²) in [5.74, 6) is -2.08. The van der Waals surface area contributed by atoms with Crippen LogP contribution >= 0.6 is 0 Å². The maximum Gasteiger partial charge on any atom is 0.573 e. The van der Waals surface area contributed by atoms with Crippen molar-refractivity contribution in [3.63, 3.8) is 0 Å². The van der Waals surface area contributed by atoms with Gasteiger partial charge in [0, 0.05) is 0 Å². The van der Waals surface area contributed by atoms with Gasteiger partial charge in [0.2, 0.25) is 0 Å². The smallest absolute Gasteiger partial charge is 0.447 e. The summed E-state index contributed by atoms with van der Waals surface area (Å²) >= 11 is 0. The second kappa shape index (κ2) is 4.35. The van der Waals surface area contributed by atoms with Crippen LogP contribution in [0, 0.1) is 5.82 Å². The van der Waals surface area contributed by atoms with E-state index in [0.717, 1.165) is 12.1 Å². The van der Waals surface area contributed by atoms with E-state index in [2.05, 4.69) is 14.8 Å². The number of carbonyl (C=O) groups excluding carboxylic acids is 1. The minimum absolute atomic E-state index is 0.00223. The van der Waals surface area contributed by atoms with Crippen LogP contribution in [0.2, 0.25) is 0 Å². The third-order valence-corrected chi connectivity index (χ3v) is 2.26. The minimum atomic E-state index is -4.95. The largest absolute Gasteiger partial charge is 0.573 e. The molecule has 1 aromatic rings. The molecule has 0 bridgehead atoms. The molecule has 1 amide bonds. The molecule has 1 N–H and O–H groups in total. The summed E-state index contributed by atoms with van der Waals surface area (Å²) in [4.78, 5) is 10.8. The number of cyclic esters (lactones) is 1. The van der Waals surface area contributed by atoms with Gasteiger partial charge in [-0.2, -0.15) is 0 Å². The van der Waals surface area contributed by atoms with E-state index in [1.54, 1.807) is 0 Å². The zero-order chi connectivity index (χ0) is 13.3. The van der Waals surface area contributed by atoms with Crippen LogP contribution in [0.4, 0.5) is 22.4 Å². The van der Waals surface area contributed by atoms with Gasteiger partial charge in [-0.1, -0.05) is 6.07 Å². The van der Waals surface area contributed by atoms with Crippen molar-refractivity contribution in [1.82, 2.24) is 5.32 Å². The lowest BCUT2D eigenvalue weighted by Gasteiger charge is -2.12. The van der Waals surface area contributed by atoms with Gasteiger partial charge in [-0.25, -0.2) is 9.18 Å². The molecular weight excluding hydrogens is 258 g/mol. The van der Waals surface area contributed by atoms with Crippen LogP contribution in [0.5, 0.6) is 5.75 Å². The van der Waals surface area contributed by atoms with E-state index >= 15 is 0 Å². The van der Waals surface area contributed by atoms with Crippen molar-refractivity contribution in [2.24, 2.45) is 0 Å². The highest BCUT2D eigenvalue weighted by Gasteiger charge is 2.33. The van der Waals surface area contributed by atoms with Gasteiger partial charge in [-0.05, 0) is 17.7 Å². The van der Waals surface area contributed by atoms with Gasteiger partial charge >= 0.3 is 12.5 Å². The zero-order valence-electron chi connectivity index (χ0n) is 8.75. The summed E-state index contributed by atoms with van der Waals surface area (Å²) < 4.78 is 57.1. The summed E-state index contributed by atoms with van der Waals surface area (Å²) in [5, 5.41) is 2.37. The monoisotopic (exact) mass is 265 g/mol. The standard InChI is InChI=1S/C10H7F4NO3/c11-6-3-5(7-4-17-9(16)15-7)1-2-8(6)18-10(12,13)14/h1-3,7H,4H2,(H,15,16)/t7-/m1/s1. The number of halogens is 4. The zero-order valence-corrected chi connectivity index (χ0v) is 8.75. The fourth-order valence-corrected chi connectivity index (χ4v) is 1.51. The molecular formula is C10H7F4NO3. The van der Waals surface area contributed by atoms with Gasteiger partial charge in [0.05, 0.1) is 6.04 Å². The highest BCUT2D eigenvalue weighted by Crippen LogP contribution is 2.28. The quantitative estimate of drug-likeness (QED) is 0.836. The van der Waals surface area contributed by atoms with E-state index in [-0.39, 0.29) is 6.61 Å². The molecule has 98 valence electrons. The Labute approximate surface area is 98.5 Å². The fourth-order valence-electron chi connectivity index (χ4n) is 1.51. The van der Waals surface area contributed by atoms with E-state index in [4.69, 9.17) is 0 Å². The predicted molar refractivity (Wildman–Crippen MR) is 50.3 cm³/mol. The number of hydrogen-bond donors (Lipinski definition) is 1. The molecule has 1 aliphatic heterocycles. The minimum Gasteiger partial charge on any atom is -0.447 e. The Morgan fingerprint density at radius 2 is 2.11 bits per heavy atom. The van der Waals surface area contributed by atoms with E-state index in [1.807, 2.05) is 0 Å². The van der Waals surface area contributed by atoms with Crippen molar-refractivity contribution in [3.05, 3.63) is 29.6 Å². The molecule has 0 unspecified atom stereocenters. The highest BCUT2D eigenvalue weighted by molar-refractivity contribution is 5.70. The van der Waals surface area contributed by atoms with Crippen molar-refractivity contribution in [3.8, 4) is 5.75 Å². The van der Waals surface area contributed by atoms with Gasteiger partial charge in [0.25, 0.3) is 0 Å². The Morgan fingerprint density at radius 3 is 2.61 bits per heavy atom. The first-order valence-electron chi connectivity index (χ1n) is 4.83. The van der Waals surface area contributed by atoms with Crippen molar-refractivity contribution >= 4 is 6.09 Å². The molecule has 1 saturated heterocycles. The molecule has 0 aliphatic carbocycles. The maximum absolute atomic E-state index is 13.4. The van der Waals surface area contributed by atoms with E-state index in [0.29, 0.717) is 5.56 Å². The lowest BCUT2D eigenvalue weighted by atomic mass is 10.1. The first-order chi connectivity index (χ1) is 8.35. The van der Waals surface area contributed by atoms with Crippen LogP contribution in [0.3, 0.4) is 0 Å². The third kappa shape index (κ3) is 2.82. The van der Waals surface area contributed by atoms with Gasteiger partial charge in [0.1, 0.15) is 6.61 Å². The molecule has 0 radical (unpaired) electrons. The van der Waals surface area contributed by atoms with Crippen LogP contribution in [0.25, 0.3) is 0 Å². The molecule has 0 aromatic heterocycles.